The summed E-state index contributed by atoms with van der Waals surface area (Å²) in [7, 11) is 0. The molecule has 0 bridgehead atoms. The lowest BCUT2D eigenvalue weighted by Gasteiger charge is -2.17. The second kappa shape index (κ2) is 6.19. The van der Waals surface area contributed by atoms with Gasteiger partial charge in [-0.25, -0.2) is 4.39 Å². The normalized spacial score (nSPS) is 12.4. The van der Waals surface area contributed by atoms with Gasteiger partial charge in [0.05, 0.1) is 0 Å². The van der Waals surface area contributed by atoms with Gasteiger partial charge in [0, 0.05) is 18.2 Å². The van der Waals surface area contributed by atoms with Crippen LogP contribution in [0.3, 0.4) is 0 Å². The van der Waals surface area contributed by atoms with E-state index in [1.807, 2.05) is 19.1 Å². The summed E-state index contributed by atoms with van der Waals surface area (Å²) in [6.45, 7) is 9.12. The molecule has 0 aliphatic heterocycles. The highest BCUT2D eigenvalue weighted by molar-refractivity contribution is 5.36. The lowest BCUT2D eigenvalue weighted by molar-refractivity contribution is 0.527. The van der Waals surface area contributed by atoms with Crippen LogP contribution in [0, 0.1) is 26.6 Å². The van der Waals surface area contributed by atoms with Gasteiger partial charge >= 0.3 is 0 Å². The Balaban J connectivity index is 2.09. The number of benzene rings is 2. The molecule has 2 aromatic rings. The van der Waals surface area contributed by atoms with E-state index in [0.29, 0.717) is 5.56 Å². The van der Waals surface area contributed by atoms with E-state index < -0.39 is 0 Å². The van der Waals surface area contributed by atoms with Crippen molar-refractivity contribution in [2.75, 3.05) is 0 Å². The minimum Gasteiger partial charge on any atom is -0.306 e. The summed E-state index contributed by atoms with van der Waals surface area (Å²) in [5.41, 5.74) is 5.88. The van der Waals surface area contributed by atoms with Crippen LogP contribution in [-0.4, -0.2) is 0 Å². The van der Waals surface area contributed by atoms with Gasteiger partial charge in [-0.05, 0) is 56.0 Å². The molecule has 20 heavy (non-hydrogen) atoms. The molecule has 2 aromatic carbocycles. The Morgan fingerprint density at radius 2 is 1.65 bits per heavy atom. The number of hydrogen-bond donors (Lipinski definition) is 1. The molecule has 0 saturated carbocycles. The predicted octanol–water partition coefficient (Wildman–Crippen LogP) is 4.60. The van der Waals surface area contributed by atoms with Gasteiger partial charge in [0.25, 0.3) is 0 Å². The molecule has 0 saturated heterocycles. The van der Waals surface area contributed by atoms with E-state index in [2.05, 4.69) is 38.2 Å². The van der Waals surface area contributed by atoms with Crippen LogP contribution in [0.15, 0.2) is 36.4 Å². The molecule has 1 atom stereocenters. The Bertz CT molecular complexity index is 604. The number of halogens is 1. The standard InChI is InChI=1S/C18H22FN/c1-12-9-14(3)16(10-13(12)2)11-20-15(4)17-7-5-6-8-18(17)19/h5-10,15,20H,11H2,1-4H3. The Morgan fingerprint density at radius 1 is 1.00 bits per heavy atom. The first kappa shape index (κ1) is 14.7. The third kappa shape index (κ3) is 3.26. The third-order valence-electron chi connectivity index (χ3n) is 3.92. The van der Waals surface area contributed by atoms with E-state index >= 15 is 0 Å². The van der Waals surface area contributed by atoms with Crippen molar-refractivity contribution in [3.8, 4) is 0 Å². The summed E-state index contributed by atoms with van der Waals surface area (Å²) in [5.74, 6) is -0.149. The van der Waals surface area contributed by atoms with Crippen molar-refractivity contribution in [1.82, 2.24) is 5.32 Å². The minimum absolute atomic E-state index is 0.00258. The first-order chi connectivity index (χ1) is 9.49. The molecule has 0 heterocycles. The zero-order valence-electron chi connectivity index (χ0n) is 12.6. The van der Waals surface area contributed by atoms with Crippen molar-refractivity contribution in [3.05, 3.63) is 70.0 Å². The van der Waals surface area contributed by atoms with Gasteiger partial charge in [0.15, 0.2) is 0 Å². The monoisotopic (exact) mass is 271 g/mol. The first-order valence-corrected chi connectivity index (χ1v) is 7.03. The molecule has 1 unspecified atom stereocenters. The van der Waals surface area contributed by atoms with Crippen LogP contribution in [0.25, 0.3) is 0 Å². The van der Waals surface area contributed by atoms with Crippen LogP contribution in [0.5, 0.6) is 0 Å². The van der Waals surface area contributed by atoms with E-state index in [4.69, 9.17) is 0 Å². The minimum atomic E-state index is -0.149. The fraction of sp³-hybridized carbons (Fsp3) is 0.333. The molecular weight excluding hydrogens is 249 g/mol. The predicted molar refractivity (Wildman–Crippen MR) is 82.3 cm³/mol. The average Bonchev–Trinajstić information content (AvgIpc) is 2.41. The summed E-state index contributed by atoms with van der Waals surface area (Å²) in [4.78, 5) is 0. The molecule has 0 amide bonds. The fourth-order valence-corrected chi connectivity index (χ4v) is 2.41. The maximum absolute atomic E-state index is 13.7. The molecule has 2 rings (SSSR count). The molecule has 0 aliphatic rings. The zero-order valence-corrected chi connectivity index (χ0v) is 12.6. The Hall–Kier alpha value is -1.67. The lowest BCUT2D eigenvalue weighted by atomic mass is 10.0. The highest BCUT2D eigenvalue weighted by atomic mass is 19.1. The van der Waals surface area contributed by atoms with E-state index in [1.54, 1.807) is 6.07 Å². The first-order valence-electron chi connectivity index (χ1n) is 7.03. The largest absolute Gasteiger partial charge is 0.306 e. The second-order valence-electron chi connectivity index (χ2n) is 5.49. The molecule has 0 aromatic heterocycles. The molecular formula is C18H22FN. The fourth-order valence-electron chi connectivity index (χ4n) is 2.41. The molecule has 0 radical (unpaired) electrons. The molecule has 0 spiro atoms. The van der Waals surface area contributed by atoms with Crippen LogP contribution in [-0.2, 0) is 6.54 Å². The number of aryl methyl sites for hydroxylation is 3. The van der Waals surface area contributed by atoms with Gasteiger partial charge in [-0.15, -0.1) is 0 Å². The van der Waals surface area contributed by atoms with E-state index in [1.165, 1.54) is 28.3 Å². The molecule has 2 heteroatoms. The summed E-state index contributed by atoms with van der Waals surface area (Å²) in [6.07, 6.45) is 0. The van der Waals surface area contributed by atoms with Gasteiger partial charge in [0.2, 0.25) is 0 Å². The summed E-state index contributed by atoms with van der Waals surface area (Å²) >= 11 is 0. The van der Waals surface area contributed by atoms with Crippen molar-refractivity contribution in [2.45, 2.75) is 40.3 Å². The summed E-state index contributed by atoms with van der Waals surface area (Å²) < 4.78 is 13.7. The molecule has 1 nitrogen and oxygen atoms in total. The molecule has 0 fully saturated rings. The zero-order chi connectivity index (χ0) is 14.7. The maximum Gasteiger partial charge on any atom is 0.127 e. The van der Waals surface area contributed by atoms with Crippen LogP contribution in [0.1, 0.15) is 40.8 Å². The van der Waals surface area contributed by atoms with E-state index in [0.717, 1.165) is 6.54 Å². The number of hydrogen-bond acceptors (Lipinski definition) is 1. The van der Waals surface area contributed by atoms with Crippen LogP contribution >= 0.6 is 0 Å². The second-order valence-corrected chi connectivity index (χ2v) is 5.49. The van der Waals surface area contributed by atoms with Crippen molar-refractivity contribution < 1.29 is 4.39 Å². The van der Waals surface area contributed by atoms with Gasteiger partial charge in [-0.3, -0.25) is 0 Å². The van der Waals surface area contributed by atoms with Crippen LogP contribution < -0.4 is 5.32 Å². The molecule has 0 aliphatic carbocycles. The summed E-state index contributed by atoms with van der Waals surface area (Å²) in [6, 6.07) is 11.4. The van der Waals surface area contributed by atoms with Crippen molar-refractivity contribution >= 4 is 0 Å². The SMILES string of the molecule is Cc1cc(C)c(CNC(C)c2ccccc2F)cc1C. The highest BCUT2D eigenvalue weighted by Crippen LogP contribution is 2.19. The quantitative estimate of drug-likeness (QED) is 0.856. The smallest absolute Gasteiger partial charge is 0.127 e. The highest BCUT2D eigenvalue weighted by Gasteiger charge is 2.10. The van der Waals surface area contributed by atoms with Crippen molar-refractivity contribution in [3.63, 3.8) is 0 Å². The van der Waals surface area contributed by atoms with Gasteiger partial charge in [0.1, 0.15) is 5.82 Å². The van der Waals surface area contributed by atoms with Gasteiger partial charge in [-0.1, -0.05) is 30.3 Å². The lowest BCUT2D eigenvalue weighted by Crippen LogP contribution is -2.19. The van der Waals surface area contributed by atoms with E-state index in [9.17, 15) is 4.39 Å². The van der Waals surface area contributed by atoms with Crippen LogP contribution in [0.4, 0.5) is 4.39 Å². The van der Waals surface area contributed by atoms with Crippen molar-refractivity contribution in [1.29, 1.82) is 0 Å². The van der Waals surface area contributed by atoms with Gasteiger partial charge in [-0.2, -0.15) is 0 Å². The topological polar surface area (TPSA) is 12.0 Å². The Morgan fingerprint density at radius 3 is 2.35 bits per heavy atom. The molecule has 1 N–H and O–H groups in total. The number of rotatable bonds is 4. The Labute approximate surface area is 120 Å². The average molecular weight is 271 g/mol. The summed E-state index contributed by atoms with van der Waals surface area (Å²) in [5, 5.41) is 3.40. The van der Waals surface area contributed by atoms with Gasteiger partial charge < -0.3 is 5.32 Å². The van der Waals surface area contributed by atoms with E-state index in [-0.39, 0.29) is 11.9 Å². The Kier molecular flexibility index (Phi) is 4.56. The molecule has 106 valence electrons. The van der Waals surface area contributed by atoms with Crippen LogP contribution in [0.2, 0.25) is 0 Å². The van der Waals surface area contributed by atoms with Crippen molar-refractivity contribution in [2.24, 2.45) is 0 Å². The maximum atomic E-state index is 13.7. The number of nitrogens with one attached hydrogen (secondary N) is 1. The third-order valence-corrected chi connectivity index (χ3v) is 3.92.